The molecule has 0 radical (unpaired) electrons. The molecule has 2 aromatic rings. The maximum atomic E-state index is 12.0. The second-order valence-electron chi connectivity index (χ2n) is 7.38. The number of hydrogen-bond donors (Lipinski definition) is 2. The normalized spacial score (nSPS) is 19.4. The summed E-state index contributed by atoms with van der Waals surface area (Å²) in [7, 11) is 0. The highest BCUT2D eigenvalue weighted by Gasteiger charge is 2.26. The molecule has 2 unspecified atom stereocenters. The zero-order valence-corrected chi connectivity index (χ0v) is 16.1. The first-order chi connectivity index (χ1) is 13.0. The molecule has 142 valence electrons. The Morgan fingerprint density at radius 3 is 2.93 bits per heavy atom. The summed E-state index contributed by atoms with van der Waals surface area (Å²) >= 11 is 0. The number of aryl methyl sites for hydroxylation is 2. The number of anilines is 2. The number of fused-ring (bicyclic) bond motifs is 2. The maximum Gasteiger partial charge on any atom is 0.265 e. The van der Waals surface area contributed by atoms with Gasteiger partial charge in [-0.1, -0.05) is 13.0 Å². The predicted molar refractivity (Wildman–Crippen MR) is 105 cm³/mol. The van der Waals surface area contributed by atoms with E-state index >= 15 is 0 Å². The van der Waals surface area contributed by atoms with Crippen LogP contribution in [-0.4, -0.2) is 22.0 Å². The summed E-state index contributed by atoms with van der Waals surface area (Å²) < 4.78 is 5.88. The van der Waals surface area contributed by atoms with Crippen LogP contribution >= 0.6 is 0 Å². The zero-order chi connectivity index (χ0) is 19.0. The van der Waals surface area contributed by atoms with Crippen molar-refractivity contribution >= 4 is 17.4 Å². The first-order valence-electron chi connectivity index (χ1n) is 9.79. The maximum absolute atomic E-state index is 12.0. The molecule has 2 aliphatic rings. The monoisotopic (exact) mass is 366 g/mol. The number of nitrogens with zero attached hydrogens (tertiary/aromatic N) is 2. The van der Waals surface area contributed by atoms with Crippen molar-refractivity contribution in [2.75, 3.05) is 10.6 Å². The Morgan fingerprint density at radius 1 is 1.30 bits per heavy atom. The molecule has 6 heteroatoms. The number of benzene rings is 1. The fraction of sp³-hybridized carbons (Fsp3) is 0.476. The van der Waals surface area contributed by atoms with Gasteiger partial charge in [-0.05, 0) is 63.6 Å². The molecule has 0 spiro atoms. The number of amides is 1. The van der Waals surface area contributed by atoms with Crippen LogP contribution in [0.25, 0.3) is 0 Å². The SMILES string of the molecule is CCC1Oc2cc(C(C)Nc3nc(C)nc4c3CCCC4)ccc2NC1=O. The largest absolute Gasteiger partial charge is 0.478 e. The third kappa shape index (κ3) is 3.48. The number of carbonyl (C=O) groups is 1. The van der Waals surface area contributed by atoms with Gasteiger partial charge in [0, 0.05) is 11.3 Å². The fourth-order valence-electron chi connectivity index (χ4n) is 3.82. The van der Waals surface area contributed by atoms with Crippen molar-refractivity contribution in [3.63, 3.8) is 0 Å². The Kier molecular flexibility index (Phi) is 4.72. The number of rotatable bonds is 4. The van der Waals surface area contributed by atoms with Crippen molar-refractivity contribution in [1.29, 1.82) is 0 Å². The second-order valence-corrected chi connectivity index (χ2v) is 7.38. The Morgan fingerprint density at radius 2 is 2.11 bits per heavy atom. The van der Waals surface area contributed by atoms with Crippen LogP contribution in [0.3, 0.4) is 0 Å². The molecule has 0 fully saturated rings. The van der Waals surface area contributed by atoms with Crippen LogP contribution in [0, 0.1) is 6.92 Å². The minimum Gasteiger partial charge on any atom is -0.478 e. The van der Waals surface area contributed by atoms with Crippen LogP contribution in [0.15, 0.2) is 18.2 Å². The Hall–Kier alpha value is -2.63. The lowest BCUT2D eigenvalue weighted by Crippen LogP contribution is -2.36. The molecule has 6 nitrogen and oxygen atoms in total. The first-order valence-corrected chi connectivity index (χ1v) is 9.79. The minimum atomic E-state index is -0.424. The van der Waals surface area contributed by atoms with Crippen molar-refractivity contribution in [2.45, 2.75) is 65.0 Å². The van der Waals surface area contributed by atoms with Gasteiger partial charge < -0.3 is 15.4 Å². The molecule has 1 aliphatic carbocycles. The summed E-state index contributed by atoms with van der Waals surface area (Å²) in [4.78, 5) is 21.2. The average molecular weight is 366 g/mol. The average Bonchev–Trinajstić information content (AvgIpc) is 2.66. The van der Waals surface area contributed by atoms with Crippen molar-refractivity contribution in [2.24, 2.45) is 0 Å². The lowest BCUT2D eigenvalue weighted by molar-refractivity contribution is -0.123. The van der Waals surface area contributed by atoms with Crippen LogP contribution in [0.4, 0.5) is 11.5 Å². The molecule has 1 amide bonds. The van der Waals surface area contributed by atoms with Gasteiger partial charge in [-0.3, -0.25) is 4.79 Å². The van der Waals surface area contributed by atoms with E-state index in [1.54, 1.807) is 0 Å². The minimum absolute atomic E-state index is 0.0666. The smallest absolute Gasteiger partial charge is 0.265 e. The molecule has 27 heavy (non-hydrogen) atoms. The standard InChI is InChI=1S/C21H26N4O2/c1-4-18-21(26)25-17-10-9-14(11-19(17)27-18)12(2)22-20-15-7-5-6-8-16(15)23-13(3)24-20/h9-12,18H,4-8H2,1-3H3,(H,25,26)(H,22,23,24). The molecule has 2 heterocycles. The summed E-state index contributed by atoms with van der Waals surface area (Å²) in [5.41, 5.74) is 4.27. The van der Waals surface area contributed by atoms with E-state index in [4.69, 9.17) is 4.74 Å². The van der Waals surface area contributed by atoms with Gasteiger partial charge in [0.25, 0.3) is 5.91 Å². The molecule has 0 saturated heterocycles. The summed E-state index contributed by atoms with van der Waals surface area (Å²) in [5.74, 6) is 2.41. The first kappa shape index (κ1) is 17.8. The van der Waals surface area contributed by atoms with Gasteiger partial charge in [0.1, 0.15) is 17.4 Å². The number of aromatic nitrogens is 2. The van der Waals surface area contributed by atoms with E-state index in [9.17, 15) is 4.79 Å². The molecule has 4 rings (SSSR count). The molecular weight excluding hydrogens is 340 g/mol. The van der Waals surface area contributed by atoms with Crippen molar-refractivity contribution in [3.8, 4) is 5.75 Å². The molecule has 1 aromatic heterocycles. The predicted octanol–water partition coefficient (Wildman–Crippen LogP) is 3.95. The molecular formula is C21H26N4O2. The van der Waals surface area contributed by atoms with Gasteiger partial charge in [0.2, 0.25) is 0 Å². The van der Waals surface area contributed by atoms with Crippen LogP contribution in [0.5, 0.6) is 5.75 Å². The third-order valence-corrected chi connectivity index (χ3v) is 5.34. The molecule has 1 aliphatic heterocycles. The van der Waals surface area contributed by atoms with Gasteiger partial charge in [-0.2, -0.15) is 0 Å². The highest BCUT2D eigenvalue weighted by Crippen LogP contribution is 2.34. The Labute approximate surface area is 159 Å². The van der Waals surface area contributed by atoms with E-state index in [0.29, 0.717) is 6.42 Å². The molecule has 2 N–H and O–H groups in total. The quantitative estimate of drug-likeness (QED) is 0.857. The third-order valence-electron chi connectivity index (χ3n) is 5.34. The van der Waals surface area contributed by atoms with Crippen LogP contribution in [0.1, 0.15) is 61.8 Å². The van der Waals surface area contributed by atoms with E-state index in [0.717, 1.165) is 41.5 Å². The van der Waals surface area contributed by atoms with Gasteiger partial charge >= 0.3 is 0 Å². The van der Waals surface area contributed by atoms with E-state index in [-0.39, 0.29) is 11.9 Å². The zero-order valence-electron chi connectivity index (χ0n) is 16.1. The number of nitrogens with one attached hydrogen (secondary N) is 2. The van der Waals surface area contributed by atoms with Crippen molar-refractivity contribution in [3.05, 3.63) is 40.8 Å². The molecule has 0 saturated carbocycles. The van der Waals surface area contributed by atoms with E-state index in [1.165, 1.54) is 24.1 Å². The lowest BCUT2D eigenvalue weighted by atomic mass is 9.96. The van der Waals surface area contributed by atoms with E-state index in [1.807, 2.05) is 32.0 Å². The summed E-state index contributed by atoms with van der Waals surface area (Å²) in [6, 6.07) is 6.01. The summed E-state index contributed by atoms with van der Waals surface area (Å²) in [6.07, 6.45) is 4.68. The van der Waals surface area contributed by atoms with E-state index < -0.39 is 6.10 Å². The molecule has 0 bridgehead atoms. The number of ether oxygens (including phenoxy) is 1. The Bertz CT molecular complexity index is 881. The Balaban J connectivity index is 1.59. The fourth-order valence-corrected chi connectivity index (χ4v) is 3.82. The number of hydrogen-bond acceptors (Lipinski definition) is 5. The summed E-state index contributed by atoms with van der Waals surface area (Å²) in [6.45, 7) is 6.02. The van der Waals surface area contributed by atoms with Crippen molar-refractivity contribution in [1.82, 2.24) is 9.97 Å². The topological polar surface area (TPSA) is 76.1 Å². The lowest BCUT2D eigenvalue weighted by Gasteiger charge is -2.27. The van der Waals surface area contributed by atoms with Crippen LogP contribution in [0.2, 0.25) is 0 Å². The summed E-state index contributed by atoms with van der Waals surface area (Å²) in [5, 5.41) is 6.49. The van der Waals surface area contributed by atoms with Gasteiger partial charge in [0.05, 0.1) is 11.7 Å². The molecule has 2 atom stereocenters. The highest BCUT2D eigenvalue weighted by atomic mass is 16.5. The van der Waals surface area contributed by atoms with Crippen LogP contribution in [-0.2, 0) is 17.6 Å². The van der Waals surface area contributed by atoms with Crippen molar-refractivity contribution < 1.29 is 9.53 Å². The second kappa shape index (κ2) is 7.18. The van der Waals surface area contributed by atoms with Gasteiger partial charge in [-0.25, -0.2) is 9.97 Å². The highest BCUT2D eigenvalue weighted by molar-refractivity contribution is 5.97. The van der Waals surface area contributed by atoms with E-state index in [2.05, 4.69) is 27.5 Å². The van der Waals surface area contributed by atoms with Crippen LogP contribution < -0.4 is 15.4 Å². The van der Waals surface area contributed by atoms with Gasteiger partial charge in [0.15, 0.2) is 6.10 Å². The molecule has 1 aromatic carbocycles. The number of carbonyl (C=O) groups excluding carboxylic acids is 1. The van der Waals surface area contributed by atoms with Gasteiger partial charge in [-0.15, -0.1) is 0 Å².